The van der Waals surface area contributed by atoms with Gasteiger partial charge in [0.25, 0.3) is 0 Å². The van der Waals surface area contributed by atoms with Crippen LogP contribution in [0.25, 0.3) is 22.6 Å². The first-order valence-electron chi connectivity index (χ1n) is 14.8. The summed E-state index contributed by atoms with van der Waals surface area (Å²) in [5, 5.41) is 18.1. The molecule has 8 heteroatoms. The van der Waals surface area contributed by atoms with E-state index in [4.69, 9.17) is 10.7 Å². The monoisotopic (exact) mass is 550 g/mol. The minimum Gasteiger partial charge on any atom is -0.368 e. The highest BCUT2D eigenvalue weighted by molar-refractivity contribution is 5.71. The lowest BCUT2D eigenvalue weighted by Crippen LogP contribution is -2.20. The number of hydrogen-bond acceptors (Lipinski definition) is 7. The van der Waals surface area contributed by atoms with E-state index in [0.717, 1.165) is 28.9 Å². The summed E-state index contributed by atoms with van der Waals surface area (Å²) in [6.45, 7) is 9.25. The Morgan fingerprint density at radius 3 is 2.34 bits per heavy atom. The molecule has 4 aromatic rings. The average molecular weight is 551 g/mol. The second kappa shape index (κ2) is 14.0. The van der Waals surface area contributed by atoms with Gasteiger partial charge in [0.05, 0.1) is 41.5 Å². The van der Waals surface area contributed by atoms with E-state index in [1.165, 1.54) is 51.4 Å². The lowest BCUT2D eigenvalue weighted by atomic mass is 9.83. The molecule has 0 saturated heterocycles. The number of hydrogen-bond donors (Lipinski definition) is 1. The number of unbranched alkanes of at least 4 members (excludes halogenated alkanes) is 7. The highest BCUT2D eigenvalue weighted by atomic mass is 15.4. The number of nitriles is 1. The minimum absolute atomic E-state index is 0.0155. The van der Waals surface area contributed by atoms with Gasteiger partial charge >= 0.3 is 0 Å². The van der Waals surface area contributed by atoms with Crippen LogP contribution in [0.3, 0.4) is 0 Å². The van der Waals surface area contributed by atoms with E-state index >= 15 is 0 Å². The van der Waals surface area contributed by atoms with E-state index in [2.05, 4.69) is 59.3 Å². The Morgan fingerprint density at radius 1 is 0.878 bits per heavy atom. The topological polar surface area (TPSA) is 119 Å². The van der Waals surface area contributed by atoms with Crippen molar-refractivity contribution in [2.75, 3.05) is 5.73 Å². The number of aromatic nitrogens is 6. The molecule has 214 valence electrons. The standard InChI is InChI=1S/C33H42N8/c1-5-6-7-8-9-10-11-12-19-33(3,4)31-18-14-16-26(36-31)22-41-23-30(39-40-41)29-20-28(37-32(35)38-29)27-17-13-15-25(21-34)24(27)2/h13-18,20,23H,5-12,19,22H2,1-4H3,(H2,35,37,38). The van der Waals surface area contributed by atoms with Crippen molar-refractivity contribution in [1.29, 1.82) is 5.26 Å². The fraction of sp³-hybridized carbons (Fsp3) is 0.455. The van der Waals surface area contributed by atoms with Gasteiger partial charge < -0.3 is 5.73 Å². The fourth-order valence-corrected chi connectivity index (χ4v) is 5.20. The molecule has 0 bridgehead atoms. The van der Waals surface area contributed by atoms with Crippen LogP contribution in [-0.4, -0.2) is 29.9 Å². The minimum atomic E-state index is 0.0155. The van der Waals surface area contributed by atoms with Gasteiger partial charge in [-0.3, -0.25) is 4.98 Å². The predicted molar refractivity (Wildman–Crippen MR) is 164 cm³/mol. The highest BCUT2D eigenvalue weighted by Gasteiger charge is 2.22. The molecule has 2 N–H and O–H groups in total. The maximum atomic E-state index is 9.42. The summed E-state index contributed by atoms with van der Waals surface area (Å²) in [6.07, 6.45) is 13.6. The fourth-order valence-electron chi connectivity index (χ4n) is 5.20. The molecule has 0 aliphatic carbocycles. The Kier molecular flexibility index (Phi) is 10.2. The lowest BCUT2D eigenvalue weighted by Gasteiger charge is -2.24. The largest absolute Gasteiger partial charge is 0.368 e. The third-order valence-corrected chi connectivity index (χ3v) is 7.75. The molecule has 0 amide bonds. The predicted octanol–water partition coefficient (Wildman–Crippen LogP) is 7.42. The first-order chi connectivity index (χ1) is 19.8. The number of nitrogen functional groups attached to an aromatic ring is 1. The maximum absolute atomic E-state index is 9.42. The van der Waals surface area contributed by atoms with Crippen molar-refractivity contribution in [1.82, 2.24) is 29.9 Å². The Balaban J connectivity index is 1.42. The average Bonchev–Trinajstić information content (AvgIpc) is 3.43. The molecule has 3 aromatic heterocycles. The van der Waals surface area contributed by atoms with Gasteiger partial charge in [0.15, 0.2) is 0 Å². The molecular formula is C33H42N8. The zero-order valence-corrected chi connectivity index (χ0v) is 24.9. The van der Waals surface area contributed by atoms with Gasteiger partial charge in [-0.1, -0.05) is 95.6 Å². The van der Waals surface area contributed by atoms with Crippen molar-refractivity contribution in [3.05, 3.63) is 71.2 Å². The van der Waals surface area contributed by atoms with E-state index in [-0.39, 0.29) is 11.4 Å². The van der Waals surface area contributed by atoms with E-state index in [1.807, 2.05) is 37.4 Å². The smallest absolute Gasteiger partial charge is 0.221 e. The molecule has 0 saturated carbocycles. The molecule has 3 heterocycles. The van der Waals surface area contributed by atoms with E-state index < -0.39 is 0 Å². The van der Waals surface area contributed by atoms with Crippen molar-refractivity contribution >= 4 is 5.95 Å². The van der Waals surface area contributed by atoms with Crippen molar-refractivity contribution in [3.8, 4) is 28.7 Å². The molecule has 0 radical (unpaired) electrons. The Hall–Kier alpha value is -4.12. The Morgan fingerprint density at radius 2 is 1.59 bits per heavy atom. The Labute approximate surface area is 244 Å². The van der Waals surface area contributed by atoms with Gasteiger partial charge in [-0.25, -0.2) is 14.6 Å². The number of rotatable bonds is 14. The number of nitrogens with zero attached hydrogens (tertiary/aromatic N) is 7. The number of nitrogens with two attached hydrogens (primary N) is 1. The first kappa shape index (κ1) is 29.9. The second-order valence-corrected chi connectivity index (χ2v) is 11.5. The SMILES string of the molecule is CCCCCCCCCCC(C)(C)c1cccc(Cn2cc(-c3cc(-c4cccc(C#N)c4C)nc(N)n3)nn2)n1. The van der Waals surface area contributed by atoms with Crippen LogP contribution in [-0.2, 0) is 12.0 Å². The van der Waals surface area contributed by atoms with Gasteiger partial charge in [0.1, 0.15) is 5.69 Å². The van der Waals surface area contributed by atoms with Crippen LogP contribution in [0.2, 0.25) is 0 Å². The third kappa shape index (κ3) is 7.97. The molecule has 0 spiro atoms. The van der Waals surface area contributed by atoms with Crippen LogP contribution in [0.1, 0.15) is 101 Å². The summed E-state index contributed by atoms with van der Waals surface area (Å²) in [7, 11) is 0. The van der Waals surface area contributed by atoms with Crippen LogP contribution in [0.5, 0.6) is 0 Å². The Bertz CT molecular complexity index is 1480. The summed E-state index contributed by atoms with van der Waals surface area (Å²) in [4.78, 5) is 13.8. The number of pyridine rings is 1. The second-order valence-electron chi connectivity index (χ2n) is 11.5. The zero-order valence-electron chi connectivity index (χ0n) is 24.9. The van der Waals surface area contributed by atoms with Crippen molar-refractivity contribution < 1.29 is 0 Å². The molecule has 0 aliphatic rings. The third-order valence-electron chi connectivity index (χ3n) is 7.75. The van der Waals surface area contributed by atoms with E-state index in [1.54, 1.807) is 10.7 Å². The summed E-state index contributed by atoms with van der Waals surface area (Å²) < 4.78 is 1.77. The summed E-state index contributed by atoms with van der Waals surface area (Å²) in [6, 6.07) is 15.9. The first-order valence-corrected chi connectivity index (χ1v) is 14.8. The maximum Gasteiger partial charge on any atom is 0.221 e. The number of anilines is 1. The highest BCUT2D eigenvalue weighted by Crippen LogP contribution is 2.29. The van der Waals surface area contributed by atoms with Gasteiger partial charge in [-0.15, -0.1) is 5.10 Å². The summed E-state index contributed by atoms with van der Waals surface area (Å²) >= 11 is 0. The molecule has 1 aromatic carbocycles. The van der Waals surface area contributed by atoms with Crippen molar-refractivity contribution in [2.45, 2.75) is 97.4 Å². The molecule has 0 aliphatic heterocycles. The molecule has 0 fully saturated rings. The summed E-state index contributed by atoms with van der Waals surface area (Å²) in [5.74, 6) is 0.141. The molecule has 0 atom stereocenters. The van der Waals surface area contributed by atoms with Gasteiger partial charge in [-0.2, -0.15) is 5.26 Å². The van der Waals surface area contributed by atoms with E-state index in [9.17, 15) is 5.26 Å². The van der Waals surface area contributed by atoms with Gasteiger partial charge in [-0.05, 0) is 43.2 Å². The summed E-state index contributed by atoms with van der Waals surface area (Å²) in [5.41, 5.74) is 12.2. The van der Waals surface area contributed by atoms with Crippen LogP contribution >= 0.6 is 0 Å². The van der Waals surface area contributed by atoms with Crippen molar-refractivity contribution in [3.63, 3.8) is 0 Å². The molecule has 41 heavy (non-hydrogen) atoms. The van der Waals surface area contributed by atoms with E-state index in [0.29, 0.717) is 29.2 Å². The van der Waals surface area contributed by atoms with Crippen LogP contribution in [0.15, 0.2) is 48.7 Å². The molecule has 0 unspecified atom stereocenters. The van der Waals surface area contributed by atoms with Gasteiger partial charge in [0, 0.05) is 16.7 Å². The van der Waals surface area contributed by atoms with Crippen LogP contribution in [0.4, 0.5) is 5.95 Å². The van der Waals surface area contributed by atoms with Crippen LogP contribution in [0, 0.1) is 18.3 Å². The quantitative estimate of drug-likeness (QED) is 0.162. The zero-order chi connectivity index (χ0) is 29.2. The molecular weight excluding hydrogens is 508 g/mol. The molecule has 4 rings (SSSR count). The van der Waals surface area contributed by atoms with Crippen LogP contribution < -0.4 is 5.73 Å². The number of benzene rings is 1. The lowest BCUT2D eigenvalue weighted by molar-refractivity contribution is 0.429. The van der Waals surface area contributed by atoms with Crippen molar-refractivity contribution in [2.24, 2.45) is 0 Å². The van der Waals surface area contributed by atoms with Gasteiger partial charge in [0.2, 0.25) is 5.95 Å². The molecule has 8 nitrogen and oxygen atoms in total. The normalized spacial score (nSPS) is 11.5.